The number of hydrogen-bond donors (Lipinski definition) is 1. The van der Waals surface area contributed by atoms with Gasteiger partial charge in [0.25, 0.3) is 0 Å². The predicted octanol–water partition coefficient (Wildman–Crippen LogP) is 3.63. The number of halogens is 1. The fourth-order valence-corrected chi connectivity index (χ4v) is 2.42. The third kappa shape index (κ3) is 3.71. The van der Waals surface area contributed by atoms with Crippen LogP contribution in [0.5, 0.6) is 0 Å². The Bertz CT molecular complexity index is 598. The summed E-state index contributed by atoms with van der Waals surface area (Å²) >= 11 is 3.41. The average Bonchev–Trinajstić information content (AvgIpc) is 2.53. The first-order valence-electron chi connectivity index (χ1n) is 6.69. The predicted molar refractivity (Wildman–Crippen MR) is 86.8 cm³/mol. The van der Waals surface area contributed by atoms with Crippen LogP contribution in [0.4, 0.5) is 0 Å². The number of carbonyl (C=O) groups excluding carboxylic acids is 1. The molecule has 4 heteroatoms. The number of benzene rings is 2. The van der Waals surface area contributed by atoms with E-state index in [4.69, 9.17) is 4.74 Å². The molecule has 0 saturated heterocycles. The second kappa shape index (κ2) is 6.87. The Morgan fingerprint density at radius 1 is 1.14 bits per heavy atom. The van der Waals surface area contributed by atoms with Gasteiger partial charge in [-0.05, 0) is 30.2 Å². The molecule has 0 saturated carbocycles. The molecule has 1 atom stereocenters. The van der Waals surface area contributed by atoms with Crippen LogP contribution in [0.1, 0.15) is 18.1 Å². The van der Waals surface area contributed by atoms with Crippen molar-refractivity contribution in [2.75, 3.05) is 7.11 Å². The van der Waals surface area contributed by atoms with E-state index in [1.807, 2.05) is 61.5 Å². The van der Waals surface area contributed by atoms with Gasteiger partial charge in [-0.3, -0.25) is 5.32 Å². The lowest BCUT2D eigenvalue weighted by molar-refractivity contribution is -0.148. The molecule has 1 unspecified atom stereocenters. The minimum absolute atomic E-state index is 0.305. The Hall–Kier alpha value is -1.65. The van der Waals surface area contributed by atoms with Crippen LogP contribution in [0.15, 0.2) is 59.1 Å². The third-order valence-corrected chi connectivity index (χ3v) is 4.03. The molecule has 0 radical (unpaired) electrons. The highest BCUT2D eigenvalue weighted by atomic mass is 79.9. The number of hydrogen-bond acceptors (Lipinski definition) is 3. The van der Waals surface area contributed by atoms with Crippen molar-refractivity contribution >= 4 is 21.9 Å². The van der Waals surface area contributed by atoms with E-state index in [-0.39, 0.29) is 5.97 Å². The van der Waals surface area contributed by atoms with Crippen LogP contribution in [-0.2, 0) is 21.6 Å². The van der Waals surface area contributed by atoms with Gasteiger partial charge in [0, 0.05) is 11.0 Å². The highest BCUT2D eigenvalue weighted by Crippen LogP contribution is 2.24. The highest BCUT2D eigenvalue weighted by molar-refractivity contribution is 9.10. The maximum absolute atomic E-state index is 12.2. The molecule has 0 spiro atoms. The highest BCUT2D eigenvalue weighted by Gasteiger charge is 2.35. The Balaban J connectivity index is 2.25. The van der Waals surface area contributed by atoms with Crippen LogP contribution in [-0.4, -0.2) is 13.1 Å². The average molecular weight is 348 g/mol. The van der Waals surface area contributed by atoms with Crippen LogP contribution in [0, 0.1) is 0 Å². The van der Waals surface area contributed by atoms with Gasteiger partial charge in [0.2, 0.25) is 0 Å². The molecule has 0 aliphatic carbocycles. The van der Waals surface area contributed by atoms with Crippen molar-refractivity contribution in [3.05, 3.63) is 70.2 Å². The summed E-state index contributed by atoms with van der Waals surface area (Å²) in [5.74, 6) is -0.305. The van der Waals surface area contributed by atoms with Crippen LogP contribution >= 0.6 is 15.9 Å². The number of methoxy groups -OCH3 is 1. The Morgan fingerprint density at radius 2 is 1.76 bits per heavy atom. The molecule has 0 heterocycles. The molecule has 0 bridgehead atoms. The van der Waals surface area contributed by atoms with E-state index in [2.05, 4.69) is 21.2 Å². The largest absolute Gasteiger partial charge is 0.467 e. The fraction of sp³-hybridized carbons (Fsp3) is 0.235. The first-order valence-corrected chi connectivity index (χ1v) is 7.49. The number of nitrogens with one attached hydrogen (secondary N) is 1. The van der Waals surface area contributed by atoms with Gasteiger partial charge >= 0.3 is 5.97 Å². The minimum atomic E-state index is -0.884. The van der Waals surface area contributed by atoms with Crippen LogP contribution in [0.3, 0.4) is 0 Å². The van der Waals surface area contributed by atoms with Crippen molar-refractivity contribution in [1.82, 2.24) is 5.32 Å². The van der Waals surface area contributed by atoms with E-state index < -0.39 is 5.54 Å². The molecular formula is C17H18BrNO2. The lowest BCUT2D eigenvalue weighted by atomic mass is 9.91. The summed E-state index contributed by atoms with van der Waals surface area (Å²) in [5, 5.41) is 3.31. The van der Waals surface area contributed by atoms with E-state index >= 15 is 0 Å². The first kappa shape index (κ1) is 15.7. The molecule has 2 aromatic rings. The van der Waals surface area contributed by atoms with Crippen molar-refractivity contribution in [3.8, 4) is 0 Å². The Kier molecular flexibility index (Phi) is 5.15. The molecule has 2 rings (SSSR count). The summed E-state index contributed by atoms with van der Waals surface area (Å²) in [7, 11) is 1.41. The SMILES string of the molecule is COC(=O)C(C)(NCc1ccccc1)c1ccc(Br)cc1. The minimum Gasteiger partial charge on any atom is -0.467 e. The summed E-state index contributed by atoms with van der Waals surface area (Å²) in [6.45, 7) is 2.42. The van der Waals surface area contributed by atoms with Gasteiger partial charge in [-0.2, -0.15) is 0 Å². The summed E-state index contributed by atoms with van der Waals surface area (Å²) in [4.78, 5) is 12.2. The third-order valence-electron chi connectivity index (χ3n) is 3.50. The normalized spacial score (nSPS) is 13.5. The maximum Gasteiger partial charge on any atom is 0.330 e. The Labute approximate surface area is 133 Å². The van der Waals surface area contributed by atoms with E-state index in [0.717, 1.165) is 15.6 Å². The number of carbonyl (C=O) groups is 1. The van der Waals surface area contributed by atoms with Crippen molar-refractivity contribution < 1.29 is 9.53 Å². The van der Waals surface area contributed by atoms with Gasteiger partial charge in [-0.25, -0.2) is 4.79 Å². The maximum atomic E-state index is 12.2. The lowest BCUT2D eigenvalue weighted by Gasteiger charge is -2.28. The van der Waals surface area contributed by atoms with Crippen LogP contribution in [0.2, 0.25) is 0 Å². The first-order chi connectivity index (χ1) is 10.1. The fourth-order valence-electron chi connectivity index (χ4n) is 2.15. The van der Waals surface area contributed by atoms with Crippen molar-refractivity contribution in [2.45, 2.75) is 19.0 Å². The van der Waals surface area contributed by atoms with E-state index in [9.17, 15) is 4.79 Å². The molecule has 1 N–H and O–H groups in total. The molecule has 110 valence electrons. The van der Waals surface area contributed by atoms with Crippen molar-refractivity contribution in [3.63, 3.8) is 0 Å². The molecule has 0 amide bonds. The summed E-state index contributed by atoms with van der Waals surface area (Å²) in [6, 6.07) is 17.6. The van der Waals surface area contributed by atoms with E-state index in [1.165, 1.54) is 7.11 Å². The zero-order valence-corrected chi connectivity index (χ0v) is 13.7. The number of esters is 1. The van der Waals surface area contributed by atoms with Crippen LogP contribution < -0.4 is 5.32 Å². The van der Waals surface area contributed by atoms with Crippen molar-refractivity contribution in [1.29, 1.82) is 0 Å². The second-order valence-corrected chi connectivity index (χ2v) is 5.88. The number of rotatable bonds is 5. The molecular weight excluding hydrogens is 330 g/mol. The number of ether oxygens (including phenoxy) is 1. The molecule has 3 nitrogen and oxygen atoms in total. The summed E-state index contributed by atoms with van der Waals surface area (Å²) in [6.07, 6.45) is 0. The molecule has 0 aliphatic heterocycles. The molecule has 0 aliphatic rings. The van der Waals surface area contributed by atoms with Gasteiger partial charge in [-0.15, -0.1) is 0 Å². The van der Waals surface area contributed by atoms with Gasteiger partial charge < -0.3 is 4.74 Å². The zero-order chi connectivity index (χ0) is 15.3. The van der Waals surface area contributed by atoms with Gasteiger partial charge in [0.05, 0.1) is 7.11 Å². The lowest BCUT2D eigenvalue weighted by Crippen LogP contribution is -2.47. The second-order valence-electron chi connectivity index (χ2n) is 4.96. The summed E-state index contributed by atoms with van der Waals surface area (Å²) in [5.41, 5.74) is 1.10. The molecule has 0 fully saturated rings. The van der Waals surface area contributed by atoms with Gasteiger partial charge in [0.1, 0.15) is 5.54 Å². The van der Waals surface area contributed by atoms with Gasteiger partial charge in [0.15, 0.2) is 0 Å². The smallest absolute Gasteiger partial charge is 0.330 e. The standard InChI is InChI=1S/C17H18BrNO2/c1-17(16(20)21-2,14-8-10-15(18)11-9-14)19-12-13-6-4-3-5-7-13/h3-11,19H,12H2,1-2H3. The molecule has 2 aromatic carbocycles. The van der Waals surface area contributed by atoms with Gasteiger partial charge in [-0.1, -0.05) is 58.4 Å². The van der Waals surface area contributed by atoms with Crippen LogP contribution in [0.25, 0.3) is 0 Å². The monoisotopic (exact) mass is 347 g/mol. The molecule has 21 heavy (non-hydrogen) atoms. The van der Waals surface area contributed by atoms with Crippen molar-refractivity contribution in [2.24, 2.45) is 0 Å². The topological polar surface area (TPSA) is 38.3 Å². The zero-order valence-electron chi connectivity index (χ0n) is 12.1. The molecule has 0 aromatic heterocycles. The van der Waals surface area contributed by atoms with E-state index in [1.54, 1.807) is 0 Å². The summed E-state index contributed by atoms with van der Waals surface area (Å²) < 4.78 is 5.95. The van der Waals surface area contributed by atoms with E-state index in [0.29, 0.717) is 6.54 Å². The quantitative estimate of drug-likeness (QED) is 0.839. The Morgan fingerprint density at radius 3 is 2.33 bits per heavy atom.